The lowest BCUT2D eigenvalue weighted by molar-refractivity contribution is -0.457. The lowest BCUT2D eigenvalue weighted by atomic mass is 10.0. The second-order valence-corrected chi connectivity index (χ2v) is 5.15. The third kappa shape index (κ3) is 5.87. The average Bonchev–Trinajstić information content (AvgIpc) is 2.40. The van der Waals surface area contributed by atoms with E-state index in [9.17, 15) is 44.3 Å². The van der Waals surface area contributed by atoms with Crippen LogP contribution >= 0.6 is 0 Å². The fourth-order valence-corrected chi connectivity index (χ4v) is 1.97. The molecule has 0 aromatic carbocycles. The van der Waals surface area contributed by atoms with Crippen LogP contribution in [0.25, 0.3) is 0 Å². The molecule has 0 saturated carbocycles. The van der Waals surface area contributed by atoms with Crippen LogP contribution in [0.2, 0.25) is 0 Å². The molecule has 0 amide bonds. The Balaban J connectivity index is 5.10. The zero-order chi connectivity index (χ0) is 20.8. The molecule has 0 aliphatic heterocycles. The van der Waals surface area contributed by atoms with Gasteiger partial charge in [-0.25, -0.2) is 0 Å². The first-order valence-corrected chi connectivity index (χ1v) is 7.12. The second kappa shape index (κ2) is 9.08. The normalized spacial score (nSPS) is 15.2. The maximum absolute atomic E-state index is 12.6. The number of hydrogen-bond donors (Lipinski definition) is 3. The summed E-state index contributed by atoms with van der Waals surface area (Å²) in [5.41, 5.74) is -1.19. The number of carboxylic acids is 1. The summed E-state index contributed by atoms with van der Waals surface area (Å²) in [4.78, 5) is 10.9. The van der Waals surface area contributed by atoms with E-state index in [-0.39, 0.29) is 19.4 Å². The van der Waals surface area contributed by atoms with Gasteiger partial charge in [-0.1, -0.05) is 6.42 Å². The number of rotatable bonds is 10. The Morgan fingerprint density at radius 2 is 1.42 bits per heavy atom. The number of halogens is 9. The largest absolute Gasteiger partial charge is 0.480 e. The number of nitrogens with one attached hydrogen (secondary N) is 1. The molecular weight excluding hydrogens is 391 g/mol. The Kier molecular flexibility index (Phi) is 8.63. The van der Waals surface area contributed by atoms with Crippen LogP contribution in [-0.4, -0.2) is 60.9 Å². The smallest absolute Gasteiger partial charge is 0.435 e. The van der Waals surface area contributed by atoms with E-state index < -0.39 is 49.3 Å². The van der Waals surface area contributed by atoms with Crippen molar-refractivity contribution in [3.05, 3.63) is 0 Å². The van der Waals surface area contributed by atoms with E-state index >= 15 is 0 Å². The molecule has 0 bridgehead atoms. The fourth-order valence-electron chi connectivity index (χ4n) is 1.97. The van der Waals surface area contributed by atoms with Gasteiger partial charge in [0.1, 0.15) is 6.04 Å². The summed E-state index contributed by atoms with van der Waals surface area (Å²) in [6, 6.07) is -1.39. The predicted molar refractivity (Wildman–Crippen MR) is 69.2 cm³/mol. The third-order valence-corrected chi connectivity index (χ3v) is 3.25. The first-order chi connectivity index (χ1) is 11.6. The number of unbranched alkanes of at least 4 members (excludes halogenated alkanes) is 1. The van der Waals surface area contributed by atoms with Gasteiger partial charge < -0.3 is 20.9 Å². The molecule has 0 aliphatic carbocycles. The summed E-state index contributed by atoms with van der Waals surface area (Å²) < 4.78 is 117. The van der Waals surface area contributed by atoms with Crippen LogP contribution in [-0.2, 0) is 9.53 Å². The zero-order valence-corrected chi connectivity index (χ0v) is 13.1. The molecule has 1 atom stereocenters. The van der Waals surface area contributed by atoms with E-state index in [1.165, 1.54) is 0 Å². The molecule has 0 radical (unpaired) electrons. The van der Waals surface area contributed by atoms with Crippen molar-refractivity contribution in [3.63, 3.8) is 0 Å². The van der Waals surface area contributed by atoms with Crippen molar-refractivity contribution < 1.29 is 54.2 Å². The lowest BCUT2D eigenvalue weighted by Gasteiger charge is -2.38. The average molecular weight is 408 g/mol. The molecule has 5 nitrogen and oxygen atoms in total. The number of alkyl halides is 9. The summed E-state index contributed by atoms with van der Waals surface area (Å²) in [5.74, 6) is -1.48. The highest BCUT2D eigenvalue weighted by molar-refractivity contribution is 5.73. The monoisotopic (exact) mass is 408 g/mol. The van der Waals surface area contributed by atoms with Crippen molar-refractivity contribution >= 4 is 5.97 Å². The molecule has 4 N–H and O–H groups in total. The van der Waals surface area contributed by atoms with Crippen LogP contribution in [0.15, 0.2) is 0 Å². The highest BCUT2D eigenvalue weighted by atomic mass is 19.4. The number of aliphatic carboxylic acids is 1. The van der Waals surface area contributed by atoms with Crippen molar-refractivity contribution in [2.75, 3.05) is 19.7 Å². The highest BCUT2D eigenvalue weighted by Gasteiger charge is 2.85. The molecule has 0 aromatic rings. The number of ether oxygens (including phenoxy) is 1. The van der Waals surface area contributed by atoms with E-state index in [4.69, 9.17) is 10.8 Å². The van der Waals surface area contributed by atoms with Crippen LogP contribution in [0, 0.1) is 0 Å². The fraction of sp³-hybridized carbons (Fsp3) is 0.917. The van der Waals surface area contributed by atoms with Crippen LogP contribution in [0.4, 0.5) is 39.5 Å². The number of hydrogen-bond acceptors (Lipinski definition) is 4. The van der Waals surface area contributed by atoms with Gasteiger partial charge in [-0.05, 0) is 19.4 Å². The van der Waals surface area contributed by atoms with Crippen molar-refractivity contribution in [2.24, 2.45) is 5.73 Å². The number of carbonyl (C=O) groups is 1. The van der Waals surface area contributed by atoms with Crippen molar-refractivity contribution in [1.82, 2.24) is 5.32 Å². The van der Waals surface area contributed by atoms with Gasteiger partial charge in [-0.15, -0.1) is 0 Å². The lowest BCUT2D eigenvalue weighted by Crippen LogP contribution is -2.68. The Labute approximate surface area is 141 Å². The Morgan fingerprint density at radius 3 is 1.77 bits per heavy atom. The molecule has 14 heteroatoms. The Morgan fingerprint density at radius 1 is 0.962 bits per heavy atom. The minimum Gasteiger partial charge on any atom is -0.480 e. The maximum Gasteiger partial charge on any atom is 0.435 e. The Hall–Kier alpha value is -1.28. The van der Waals surface area contributed by atoms with Crippen LogP contribution in [0.1, 0.15) is 19.3 Å². The molecule has 0 aliphatic rings. The summed E-state index contributed by atoms with van der Waals surface area (Å²) >= 11 is 0. The highest BCUT2D eigenvalue weighted by Crippen LogP contribution is 2.54. The molecule has 0 saturated heterocycles. The quantitative estimate of drug-likeness (QED) is 0.382. The molecule has 0 unspecified atom stereocenters. The van der Waals surface area contributed by atoms with E-state index in [1.807, 2.05) is 5.32 Å². The van der Waals surface area contributed by atoms with Gasteiger partial charge in [0.15, 0.2) is 0 Å². The summed E-state index contributed by atoms with van der Waals surface area (Å²) in [5, 5.41) is 10.9. The van der Waals surface area contributed by atoms with Gasteiger partial charge in [-0.2, -0.15) is 39.5 Å². The van der Waals surface area contributed by atoms with Gasteiger partial charge in [-0.3, -0.25) is 4.79 Å². The second-order valence-electron chi connectivity index (χ2n) is 5.15. The molecule has 0 heterocycles. The van der Waals surface area contributed by atoms with Crippen LogP contribution < -0.4 is 11.1 Å². The van der Waals surface area contributed by atoms with Crippen molar-refractivity contribution in [2.45, 2.75) is 49.4 Å². The van der Waals surface area contributed by atoms with Gasteiger partial charge in [0.2, 0.25) is 0 Å². The van der Waals surface area contributed by atoms with Crippen molar-refractivity contribution in [3.8, 4) is 0 Å². The zero-order valence-electron chi connectivity index (χ0n) is 13.1. The standard InChI is InChI=1S/C12H17F9N2O3/c13-10(14,15)9(11(16,17)18,12(19,20)21)26-6-5-23-7(8(24)25)3-1-2-4-22/h7,23H,1-6,22H2,(H,24,25)/t7-/m0/s1. The van der Waals surface area contributed by atoms with Gasteiger partial charge >= 0.3 is 30.1 Å². The number of nitrogens with two attached hydrogens (primary N) is 1. The maximum atomic E-state index is 12.6. The summed E-state index contributed by atoms with van der Waals surface area (Å²) in [6.45, 7) is -2.44. The minimum atomic E-state index is -6.82. The SMILES string of the molecule is NCCCC[C@H](NCCOC(C(F)(F)F)(C(F)(F)F)C(F)(F)F)C(=O)O. The molecule has 0 aromatic heterocycles. The minimum absolute atomic E-state index is 0.0739. The molecule has 156 valence electrons. The first kappa shape index (κ1) is 24.7. The summed E-state index contributed by atoms with van der Waals surface area (Å²) in [6.07, 6.45) is -19.9. The van der Waals surface area contributed by atoms with E-state index in [0.29, 0.717) is 6.42 Å². The van der Waals surface area contributed by atoms with Crippen LogP contribution in [0.3, 0.4) is 0 Å². The topological polar surface area (TPSA) is 84.6 Å². The van der Waals surface area contributed by atoms with Gasteiger partial charge in [0.05, 0.1) is 6.61 Å². The summed E-state index contributed by atoms with van der Waals surface area (Å²) in [7, 11) is 0. The third-order valence-electron chi connectivity index (χ3n) is 3.25. The number of carboxylic acid groups (broad SMARTS) is 1. The predicted octanol–water partition coefficient (Wildman–Crippen LogP) is 2.60. The van der Waals surface area contributed by atoms with E-state index in [2.05, 4.69) is 4.74 Å². The van der Waals surface area contributed by atoms with Gasteiger partial charge in [0, 0.05) is 6.54 Å². The molecule has 26 heavy (non-hydrogen) atoms. The van der Waals surface area contributed by atoms with Gasteiger partial charge in [0.25, 0.3) is 0 Å². The Bertz CT molecular complexity index is 413. The van der Waals surface area contributed by atoms with E-state index in [0.717, 1.165) is 0 Å². The molecule has 0 fully saturated rings. The van der Waals surface area contributed by atoms with Crippen molar-refractivity contribution in [1.29, 1.82) is 0 Å². The first-order valence-electron chi connectivity index (χ1n) is 7.12. The molecule has 0 rings (SSSR count). The van der Waals surface area contributed by atoms with E-state index in [1.54, 1.807) is 0 Å². The van der Waals surface area contributed by atoms with Crippen LogP contribution in [0.5, 0.6) is 0 Å². The molecule has 0 spiro atoms. The molecular formula is C12H17F9N2O3.